The summed E-state index contributed by atoms with van der Waals surface area (Å²) in [4.78, 5) is 4.48. The van der Waals surface area contributed by atoms with Crippen molar-refractivity contribution in [1.82, 2.24) is 4.98 Å². The molecule has 0 atom stereocenters. The number of aromatic nitrogens is 1. The van der Waals surface area contributed by atoms with Crippen molar-refractivity contribution in [3.63, 3.8) is 0 Å². The van der Waals surface area contributed by atoms with Crippen molar-refractivity contribution in [3.8, 4) is 17.2 Å². The van der Waals surface area contributed by atoms with Gasteiger partial charge in [0.15, 0.2) is 0 Å². The molecule has 0 amide bonds. The molecule has 0 aliphatic heterocycles. The van der Waals surface area contributed by atoms with E-state index >= 15 is 0 Å². The Morgan fingerprint density at radius 1 is 1.00 bits per heavy atom. The minimum atomic E-state index is 0.543. The van der Waals surface area contributed by atoms with Gasteiger partial charge in [-0.05, 0) is 29.8 Å². The predicted octanol–water partition coefficient (Wildman–Crippen LogP) is 3.42. The van der Waals surface area contributed by atoms with Crippen LogP contribution in [0.1, 0.15) is 11.3 Å². The lowest BCUT2D eigenvalue weighted by atomic mass is 10.2. The van der Waals surface area contributed by atoms with E-state index in [-0.39, 0.29) is 0 Å². The first-order valence-electron chi connectivity index (χ1n) is 7.27. The number of hydrogen-bond acceptors (Lipinski definition) is 4. The van der Waals surface area contributed by atoms with Gasteiger partial charge < -0.3 is 14.9 Å². The number of nitrogens with two attached hydrogens (primary N) is 1. The molecular weight excluding hydrogens is 276 g/mol. The van der Waals surface area contributed by atoms with Gasteiger partial charge in [0, 0.05) is 18.5 Å². The molecule has 0 aliphatic rings. The molecule has 0 saturated heterocycles. The number of ether oxygens (including phenoxy) is 1. The minimum Gasteiger partial charge on any atom is -0.493 e. The SMILES string of the molecule is NCc1ccc(OCCc2coc(-c3ccccc3)n2)cc1. The van der Waals surface area contributed by atoms with Crippen LogP contribution in [-0.4, -0.2) is 11.6 Å². The van der Waals surface area contributed by atoms with Crippen molar-refractivity contribution in [2.45, 2.75) is 13.0 Å². The van der Waals surface area contributed by atoms with E-state index in [1.165, 1.54) is 0 Å². The summed E-state index contributed by atoms with van der Waals surface area (Å²) in [5, 5.41) is 0. The predicted molar refractivity (Wildman–Crippen MR) is 85.5 cm³/mol. The Morgan fingerprint density at radius 2 is 1.77 bits per heavy atom. The van der Waals surface area contributed by atoms with E-state index < -0.39 is 0 Å². The summed E-state index contributed by atoms with van der Waals surface area (Å²) in [5.74, 6) is 1.48. The molecule has 1 heterocycles. The van der Waals surface area contributed by atoms with Crippen molar-refractivity contribution < 1.29 is 9.15 Å². The number of oxazole rings is 1. The van der Waals surface area contributed by atoms with Gasteiger partial charge in [0.1, 0.15) is 12.0 Å². The topological polar surface area (TPSA) is 61.3 Å². The van der Waals surface area contributed by atoms with Crippen LogP contribution in [0, 0.1) is 0 Å². The van der Waals surface area contributed by atoms with Gasteiger partial charge in [-0.2, -0.15) is 0 Å². The molecule has 0 saturated carbocycles. The van der Waals surface area contributed by atoms with Crippen LogP contribution in [0.3, 0.4) is 0 Å². The highest BCUT2D eigenvalue weighted by Crippen LogP contribution is 2.18. The lowest BCUT2D eigenvalue weighted by Crippen LogP contribution is -2.02. The number of benzene rings is 2. The maximum absolute atomic E-state index is 5.70. The third-order valence-corrected chi connectivity index (χ3v) is 3.36. The number of hydrogen-bond donors (Lipinski definition) is 1. The molecule has 22 heavy (non-hydrogen) atoms. The Labute approximate surface area is 129 Å². The molecule has 4 nitrogen and oxygen atoms in total. The van der Waals surface area contributed by atoms with Gasteiger partial charge in [-0.25, -0.2) is 4.98 Å². The molecule has 3 aromatic rings. The lowest BCUT2D eigenvalue weighted by molar-refractivity contribution is 0.320. The molecule has 0 radical (unpaired) electrons. The molecule has 0 spiro atoms. The second kappa shape index (κ2) is 6.91. The van der Waals surface area contributed by atoms with E-state index in [0.717, 1.165) is 22.6 Å². The summed E-state index contributed by atoms with van der Waals surface area (Å²) in [5.41, 5.74) is 8.53. The molecule has 112 valence electrons. The fraction of sp³-hybridized carbons (Fsp3) is 0.167. The summed E-state index contributed by atoms with van der Waals surface area (Å²) in [6.45, 7) is 1.10. The standard InChI is InChI=1S/C18H18N2O2/c19-12-14-6-8-17(9-7-14)21-11-10-16-13-22-18(20-16)15-4-2-1-3-5-15/h1-9,13H,10-12,19H2. The minimum absolute atomic E-state index is 0.543. The monoisotopic (exact) mass is 294 g/mol. The first kappa shape index (κ1) is 14.4. The average molecular weight is 294 g/mol. The van der Waals surface area contributed by atoms with Crippen molar-refractivity contribution in [3.05, 3.63) is 72.1 Å². The summed E-state index contributed by atoms with van der Waals surface area (Å²) < 4.78 is 11.2. The summed E-state index contributed by atoms with van der Waals surface area (Å²) >= 11 is 0. The molecule has 1 aromatic heterocycles. The Kier molecular flexibility index (Phi) is 4.51. The highest BCUT2D eigenvalue weighted by atomic mass is 16.5. The van der Waals surface area contributed by atoms with E-state index in [4.69, 9.17) is 14.9 Å². The lowest BCUT2D eigenvalue weighted by Gasteiger charge is -2.05. The van der Waals surface area contributed by atoms with Crippen LogP contribution in [0.15, 0.2) is 65.3 Å². The van der Waals surface area contributed by atoms with Crippen LogP contribution in [0.5, 0.6) is 5.75 Å². The van der Waals surface area contributed by atoms with E-state index in [0.29, 0.717) is 25.5 Å². The molecule has 4 heteroatoms. The van der Waals surface area contributed by atoms with Crippen LogP contribution in [0.4, 0.5) is 0 Å². The molecule has 0 unspecified atom stereocenters. The van der Waals surface area contributed by atoms with Crippen molar-refractivity contribution in [1.29, 1.82) is 0 Å². The Hall–Kier alpha value is -2.59. The summed E-state index contributed by atoms with van der Waals surface area (Å²) in [6.07, 6.45) is 2.39. The van der Waals surface area contributed by atoms with Gasteiger partial charge in [-0.3, -0.25) is 0 Å². The highest BCUT2D eigenvalue weighted by molar-refractivity contribution is 5.52. The maximum atomic E-state index is 5.70. The van der Waals surface area contributed by atoms with Crippen molar-refractivity contribution >= 4 is 0 Å². The largest absolute Gasteiger partial charge is 0.493 e. The normalized spacial score (nSPS) is 10.6. The van der Waals surface area contributed by atoms with E-state index in [2.05, 4.69) is 4.98 Å². The molecule has 0 fully saturated rings. The molecule has 3 rings (SSSR count). The van der Waals surface area contributed by atoms with Crippen LogP contribution in [0.2, 0.25) is 0 Å². The smallest absolute Gasteiger partial charge is 0.226 e. The van der Waals surface area contributed by atoms with Gasteiger partial charge >= 0.3 is 0 Å². The molecule has 2 N–H and O–H groups in total. The van der Waals surface area contributed by atoms with Crippen molar-refractivity contribution in [2.24, 2.45) is 5.73 Å². The summed E-state index contributed by atoms with van der Waals surface area (Å²) in [7, 11) is 0. The third-order valence-electron chi connectivity index (χ3n) is 3.36. The van der Waals surface area contributed by atoms with Crippen LogP contribution < -0.4 is 10.5 Å². The fourth-order valence-corrected chi connectivity index (χ4v) is 2.13. The first-order valence-corrected chi connectivity index (χ1v) is 7.27. The van der Waals surface area contributed by atoms with Gasteiger partial charge in [0.25, 0.3) is 0 Å². The highest BCUT2D eigenvalue weighted by Gasteiger charge is 2.06. The molecule has 0 aliphatic carbocycles. The Morgan fingerprint density at radius 3 is 2.50 bits per heavy atom. The number of nitrogens with zero attached hydrogens (tertiary/aromatic N) is 1. The molecule has 2 aromatic carbocycles. The summed E-state index contributed by atoms with van der Waals surface area (Å²) in [6, 6.07) is 17.7. The maximum Gasteiger partial charge on any atom is 0.226 e. The zero-order valence-electron chi connectivity index (χ0n) is 12.2. The van der Waals surface area contributed by atoms with Gasteiger partial charge in [-0.1, -0.05) is 30.3 Å². The van der Waals surface area contributed by atoms with Gasteiger partial charge in [-0.15, -0.1) is 0 Å². The van der Waals surface area contributed by atoms with Crippen LogP contribution >= 0.6 is 0 Å². The second-order valence-electron chi connectivity index (χ2n) is 4.96. The average Bonchev–Trinajstić information content (AvgIpc) is 3.05. The third kappa shape index (κ3) is 3.54. The molecular formula is C18H18N2O2. The quantitative estimate of drug-likeness (QED) is 0.756. The number of rotatable bonds is 6. The van der Waals surface area contributed by atoms with Crippen LogP contribution in [0.25, 0.3) is 11.5 Å². The zero-order valence-corrected chi connectivity index (χ0v) is 12.2. The Bertz CT molecular complexity index is 705. The first-order chi connectivity index (χ1) is 10.8. The van der Waals surface area contributed by atoms with Crippen molar-refractivity contribution in [2.75, 3.05) is 6.61 Å². The fourth-order valence-electron chi connectivity index (χ4n) is 2.13. The zero-order chi connectivity index (χ0) is 15.2. The Balaban J connectivity index is 1.54. The second-order valence-corrected chi connectivity index (χ2v) is 4.96. The van der Waals surface area contributed by atoms with E-state index in [1.807, 2.05) is 54.6 Å². The van der Waals surface area contributed by atoms with Crippen LogP contribution in [-0.2, 0) is 13.0 Å². The van der Waals surface area contributed by atoms with E-state index in [9.17, 15) is 0 Å². The van der Waals surface area contributed by atoms with Gasteiger partial charge in [0.05, 0.1) is 12.3 Å². The molecule has 0 bridgehead atoms. The van der Waals surface area contributed by atoms with Gasteiger partial charge in [0.2, 0.25) is 5.89 Å². The van der Waals surface area contributed by atoms with E-state index in [1.54, 1.807) is 6.26 Å².